The van der Waals surface area contributed by atoms with Gasteiger partial charge in [0.2, 0.25) is 5.82 Å². The van der Waals surface area contributed by atoms with Crippen molar-refractivity contribution in [1.29, 1.82) is 0 Å². The van der Waals surface area contributed by atoms with Crippen LogP contribution >= 0.6 is 0 Å². The summed E-state index contributed by atoms with van der Waals surface area (Å²) in [4.78, 5) is 18.8. The number of fused-ring (bicyclic) bond motifs is 1. The van der Waals surface area contributed by atoms with Crippen LogP contribution in [-0.2, 0) is 12.6 Å². The van der Waals surface area contributed by atoms with Crippen molar-refractivity contribution in [3.63, 3.8) is 0 Å². The van der Waals surface area contributed by atoms with Gasteiger partial charge < -0.3 is 9.47 Å². The molecule has 4 rings (SSSR count). The first kappa shape index (κ1) is 17.2. The number of hydrogen-bond donors (Lipinski definition) is 0. The van der Waals surface area contributed by atoms with Gasteiger partial charge in [0.25, 0.3) is 11.8 Å². The molecule has 0 spiro atoms. The largest absolute Gasteiger partial charge is 0.318 e. The molecule has 2 aromatic rings. The standard InChI is InChI=1S/C20H23F2N3O/c1-12(2)20(21,22)16-8-6-15(7-9-16)17-13(3)23-18-19(26)24(11-25(17)18)10-14-4-5-14/h6-9,12,14H,4-5,10-11H2,1-3H3. The fourth-order valence-electron chi connectivity index (χ4n) is 3.55. The number of halogens is 2. The summed E-state index contributed by atoms with van der Waals surface area (Å²) in [6, 6.07) is 6.37. The summed E-state index contributed by atoms with van der Waals surface area (Å²) in [6.07, 6.45) is 2.37. The lowest BCUT2D eigenvalue weighted by atomic mass is 9.96. The summed E-state index contributed by atoms with van der Waals surface area (Å²) in [5.74, 6) is -2.58. The maximum atomic E-state index is 14.2. The molecule has 1 fully saturated rings. The maximum absolute atomic E-state index is 14.2. The summed E-state index contributed by atoms with van der Waals surface area (Å²) in [5, 5.41) is 0. The molecule has 0 radical (unpaired) electrons. The maximum Gasteiger partial charge on any atom is 0.291 e. The van der Waals surface area contributed by atoms with Gasteiger partial charge in [-0.1, -0.05) is 38.1 Å². The third-order valence-corrected chi connectivity index (χ3v) is 5.38. The Balaban J connectivity index is 1.65. The van der Waals surface area contributed by atoms with E-state index in [1.54, 1.807) is 12.1 Å². The number of benzene rings is 1. The van der Waals surface area contributed by atoms with Crippen molar-refractivity contribution in [1.82, 2.24) is 14.5 Å². The van der Waals surface area contributed by atoms with Crippen molar-refractivity contribution in [3.8, 4) is 11.3 Å². The number of alkyl halides is 2. The second-order valence-electron chi connectivity index (χ2n) is 7.76. The van der Waals surface area contributed by atoms with E-state index >= 15 is 0 Å². The van der Waals surface area contributed by atoms with Crippen molar-refractivity contribution < 1.29 is 13.6 Å². The number of hydrogen-bond acceptors (Lipinski definition) is 2. The Labute approximate surface area is 151 Å². The molecule has 1 amide bonds. The van der Waals surface area contributed by atoms with Crippen LogP contribution in [0.15, 0.2) is 24.3 Å². The molecular formula is C20H23F2N3O. The van der Waals surface area contributed by atoms with Gasteiger partial charge in [0, 0.05) is 23.6 Å². The number of carbonyl (C=O) groups excluding carboxylic acids is 1. The van der Waals surface area contributed by atoms with Crippen molar-refractivity contribution >= 4 is 5.91 Å². The molecule has 0 saturated heterocycles. The molecule has 1 aromatic heterocycles. The second kappa shape index (κ2) is 5.89. The third kappa shape index (κ3) is 2.72. The van der Waals surface area contributed by atoms with E-state index in [-0.39, 0.29) is 11.5 Å². The number of rotatable bonds is 5. The van der Waals surface area contributed by atoms with Gasteiger partial charge in [-0.15, -0.1) is 0 Å². The highest BCUT2D eigenvalue weighted by atomic mass is 19.3. The highest BCUT2D eigenvalue weighted by Gasteiger charge is 2.37. The molecule has 0 atom stereocenters. The third-order valence-electron chi connectivity index (χ3n) is 5.38. The van der Waals surface area contributed by atoms with E-state index < -0.39 is 11.8 Å². The molecule has 1 aliphatic carbocycles. The van der Waals surface area contributed by atoms with Crippen molar-refractivity contribution in [2.24, 2.45) is 11.8 Å². The Morgan fingerprint density at radius 3 is 2.46 bits per heavy atom. The molecule has 2 aliphatic rings. The Bertz CT molecular complexity index is 851. The van der Waals surface area contributed by atoms with Crippen molar-refractivity contribution in [3.05, 3.63) is 41.3 Å². The first-order chi connectivity index (χ1) is 12.3. The lowest BCUT2D eigenvalue weighted by Gasteiger charge is -2.21. The summed E-state index contributed by atoms with van der Waals surface area (Å²) < 4.78 is 30.3. The number of imidazole rings is 1. The van der Waals surface area contributed by atoms with Crippen molar-refractivity contribution in [2.45, 2.75) is 46.2 Å². The normalized spacial score (nSPS) is 17.3. The Kier molecular flexibility index (Phi) is 3.90. The number of aromatic nitrogens is 2. The Morgan fingerprint density at radius 1 is 1.23 bits per heavy atom. The Hall–Kier alpha value is -2.24. The molecule has 1 aliphatic heterocycles. The van der Waals surface area contributed by atoms with Crippen LogP contribution in [0.3, 0.4) is 0 Å². The summed E-state index contributed by atoms with van der Waals surface area (Å²) >= 11 is 0. The van der Waals surface area contributed by atoms with Crippen LogP contribution < -0.4 is 0 Å². The number of nitrogens with zero attached hydrogens (tertiary/aromatic N) is 3. The van der Waals surface area contributed by atoms with Gasteiger partial charge in [-0.05, 0) is 25.7 Å². The zero-order valence-electron chi connectivity index (χ0n) is 15.3. The first-order valence-corrected chi connectivity index (χ1v) is 9.14. The molecule has 4 nitrogen and oxygen atoms in total. The SMILES string of the molecule is Cc1nc2n(c1-c1ccc(C(F)(F)C(C)C)cc1)CN(CC1CC1)C2=O. The molecule has 2 heterocycles. The summed E-state index contributed by atoms with van der Waals surface area (Å²) in [6.45, 7) is 6.16. The average Bonchev–Trinajstić information content (AvgIpc) is 3.29. The average molecular weight is 359 g/mol. The lowest BCUT2D eigenvalue weighted by molar-refractivity contribution is -0.0513. The smallest absolute Gasteiger partial charge is 0.291 e. The number of aryl methyl sites for hydroxylation is 1. The predicted molar refractivity (Wildman–Crippen MR) is 94.9 cm³/mol. The highest BCUT2D eigenvalue weighted by molar-refractivity contribution is 5.94. The first-order valence-electron chi connectivity index (χ1n) is 9.14. The van der Waals surface area contributed by atoms with E-state index in [9.17, 15) is 13.6 Å². The molecule has 6 heteroatoms. The van der Waals surface area contributed by atoms with Crippen LogP contribution in [0.25, 0.3) is 11.3 Å². The fourth-order valence-corrected chi connectivity index (χ4v) is 3.55. The lowest BCUT2D eigenvalue weighted by Crippen LogP contribution is -2.27. The van der Waals surface area contributed by atoms with Crippen LogP contribution in [0.1, 0.15) is 48.6 Å². The van der Waals surface area contributed by atoms with Gasteiger partial charge in [-0.25, -0.2) is 13.8 Å². The van der Waals surface area contributed by atoms with Crippen LogP contribution in [0.4, 0.5) is 8.78 Å². The molecule has 0 N–H and O–H groups in total. The van der Waals surface area contributed by atoms with E-state index in [2.05, 4.69) is 4.98 Å². The van der Waals surface area contributed by atoms with Gasteiger partial charge in [-0.2, -0.15) is 0 Å². The van der Waals surface area contributed by atoms with E-state index in [0.717, 1.165) is 23.5 Å². The molecule has 0 bridgehead atoms. The monoisotopic (exact) mass is 359 g/mol. The number of carbonyl (C=O) groups is 1. The number of amides is 1. The van der Waals surface area contributed by atoms with Gasteiger partial charge in [-0.3, -0.25) is 4.79 Å². The van der Waals surface area contributed by atoms with Crippen molar-refractivity contribution in [2.75, 3.05) is 6.54 Å². The summed E-state index contributed by atoms with van der Waals surface area (Å²) in [7, 11) is 0. The van der Waals surface area contributed by atoms with Gasteiger partial charge in [0.1, 0.15) is 0 Å². The van der Waals surface area contributed by atoms with E-state index in [1.807, 2.05) is 16.4 Å². The van der Waals surface area contributed by atoms with E-state index in [1.165, 1.54) is 38.8 Å². The quantitative estimate of drug-likeness (QED) is 0.792. The molecule has 0 unspecified atom stereocenters. The van der Waals surface area contributed by atoms with Crippen LogP contribution in [0, 0.1) is 18.8 Å². The second-order valence-corrected chi connectivity index (χ2v) is 7.76. The molecule has 1 saturated carbocycles. The summed E-state index contributed by atoms with van der Waals surface area (Å²) in [5.41, 5.74) is 2.42. The highest BCUT2D eigenvalue weighted by Crippen LogP contribution is 2.38. The van der Waals surface area contributed by atoms with Crippen LogP contribution in [0.5, 0.6) is 0 Å². The van der Waals surface area contributed by atoms with E-state index in [4.69, 9.17) is 0 Å². The minimum atomic E-state index is -2.86. The molecular weight excluding hydrogens is 336 g/mol. The van der Waals surface area contributed by atoms with Crippen LogP contribution in [0.2, 0.25) is 0 Å². The minimum absolute atomic E-state index is 0.0153. The topological polar surface area (TPSA) is 38.1 Å². The van der Waals surface area contributed by atoms with Crippen LogP contribution in [-0.4, -0.2) is 26.9 Å². The molecule has 26 heavy (non-hydrogen) atoms. The minimum Gasteiger partial charge on any atom is -0.318 e. The van der Waals surface area contributed by atoms with Gasteiger partial charge >= 0.3 is 0 Å². The molecule has 138 valence electrons. The zero-order valence-corrected chi connectivity index (χ0v) is 15.3. The van der Waals surface area contributed by atoms with Gasteiger partial charge in [0.05, 0.1) is 18.1 Å². The predicted octanol–water partition coefficient (Wildman–Crippen LogP) is 4.43. The van der Waals surface area contributed by atoms with Gasteiger partial charge in [0.15, 0.2) is 0 Å². The van der Waals surface area contributed by atoms with E-state index in [0.29, 0.717) is 18.4 Å². The Morgan fingerprint density at radius 2 is 1.88 bits per heavy atom. The fraction of sp³-hybridized carbons (Fsp3) is 0.500. The zero-order chi connectivity index (χ0) is 18.6. The molecule has 1 aromatic carbocycles.